The lowest BCUT2D eigenvalue weighted by atomic mass is 10.1. The minimum Gasteiger partial charge on any atom is -0.264 e. The van der Waals surface area contributed by atoms with Crippen molar-refractivity contribution >= 4 is 17.2 Å². The summed E-state index contributed by atoms with van der Waals surface area (Å²) < 4.78 is 0. The highest BCUT2D eigenvalue weighted by Gasteiger charge is 1.96. The van der Waals surface area contributed by atoms with Crippen LogP contribution in [0.3, 0.4) is 0 Å². The van der Waals surface area contributed by atoms with Crippen LogP contribution in [0.25, 0.3) is 5.57 Å². The predicted molar refractivity (Wildman–Crippen MR) is 43.7 cm³/mol. The number of pyridine rings is 1. The normalized spacial score (nSPS) is 10.7. The molecule has 0 N–H and O–H groups in total. The summed E-state index contributed by atoms with van der Waals surface area (Å²) in [6, 6.07) is 5.50. The average molecular weight is 165 g/mol. The van der Waals surface area contributed by atoms with Crippen molar-refractivity contribution in [2.24, 2.45) is 0 Å². The van der Waals surface area contributed by atoms with Gasteiger partial charge in [-0.1, -0.05) is 17.7 Å². The summed E-state index contributed by atoms with van der Waals surface area (Å²) in [5, 5.41) is 8.55. The van der Waals surface area contributed by atoms with Crippen LogP contribution in [-0.4, -0.2) is 4.98 Å². The van der Waals surface area contributed by atoms with Crippen molar-refractivity contribution in [2.45, 2.75) is 0 Å². The number of aromatic nitrogens is 1. The van der Waals surface area contributed by atoms with Gasteiger partial charge in [-0.05, 0) is 6.07 Å². The van der Waals surface area contributed by atoms with E-state index in [-0.39, 0.29) is 0 Å². The van der Waals surface area contributed by atoms with Gasteiger partial charge in [-0.2, -0.15) is 5.26 Å². The molecule has 0 saturated carbocycles. The van der Waals surface area contributed by atoms with Gasteiger partial charge in [-0.3, -0.25) is 4.98 Å². The maximum Gasteiger partial charge on any atom is 0.101 e. The number of rotatable bonds is 1. The SMILES string of the molecule is N#CC(=CCl)c1cccnc1. The molecule has 0 atom stereocenters. The number of nitrogens with zero attached hydrogens (tertiary/aromatic N) is 2. The summed E-state index contributed by atoms with van der Waals surface area (Å²) in [6.07, 6.45) is 3.24. The van der Waals surface area contributed by atoms with E-state index < -0.39 is 0 Å². The Kier molecular flexibility index (Phi) is 2.65. The summed E-state index contributed by atoms with van der Waals surface area (Å²) in [6.45, 7) is 0. The van der Waals surface area contributed by atoms with Crippen molar-refractivity contribution in [3.8, 4) is 6.07 Å². The summed E-state index contributed by atoms with van der Waals surface area (Å²) >= 11 is 5.39. The molecule has 1 heterocycles. The molecule has 3 heteroatoms. The molecule has 54 valence electrons. The van der Waals surface area contributed by atoms with E-state index in [0.29, 0.717) is 5.57 Å². The van der Waals surface area contributed by atoms with Gasteiger partial charge in [0.05, 0.1) is 5.57 Å². The third-order valence-corrected chi connectivity index (χ3v) is 1.42. The van der Waals surface area contributed by atoms with E-state index in [1.807, 2.05) is 6.07 Å². The number of hydrogen-bond donors (Lipinski definition) is 0. The lowest BCUT2D eigenvalue weighted by Crippen LogP contribution is -1.80. The zero-order chi connectivity index (χ0) is 8.10. The van der Waals surface area contributed by atoms with Gasteiger partial charge < -0.3 is 0 Å². The van der Waals surface area contributed by atoms with Crippen LogP contribution in [0.15, 0.2) is 30.1 Å². The van der Waals surface area contributed by atoms with Gasteiger partial charge in [0, 0.05) is 23.5 Å². The average Bonchev–Trinajstić information content (AvgIpc) is 2.09. The van der Waals surface area contributed by atoms with E-state index in [1.165, 1.54) is 5.54 Å². The van der Waals surface area contributed by atoms with Gasteiger partial charge >= 0.3 is 0 Å². The first-order chi connectivity index (χ1) is 5.38. The van der Waals surface area contributed by atoms with Crippen molar-refractivity contribution in [3.05, 3.63) is 35.6 Å². The van der Waals surface area contributed by atoms with Crippen LogP contribution in [-0.2, 0) is 0 Å². The van der Waals surface area contributed by atoms with Gasteiger partial charge in [-0.15, -0.1) is 0 Å². The van der Waals surface area contributed by atoms with E-state index in [4.69, 9.17) is 16.9 Å². The minimum atomic E-state index is 0.430. The highest BCUT2D eigenvalue weighted by Crippen LogP contribution is 2.11. The van der Waals surface area contributed by atoms with E-state index in [9.17, 15) is 0 Å². The van der Waals surface area contributed by atoms with Gasteiger partial charge in [-0.25, -0.2) is 0 Å². The topological polar surface area (TPSA) is 36.7 Å². The van der Waals surface area contributed by atoms with Gasteiger partial charge in [0.15, 0.2) is 0 Å². The number of nitriles is 1. The molecule has 0 spiro atoms. The Labute approximate surface area is 69.8 Å². The second-order valence-corrected chi connectivity index (χ2v) is 2.09. The van der Waals surface area contributed by atoms with E-state index in [0.717, 1.165) is 5.56 Å². The van der Waals surface area contributed by atoms with Crippen LogP contribution in [0.2, 0.25) is 0 Å². The van der Waals surface area contributed by atoms with Crippen molar-refractivity contribution in [2.75, 3.05) is 0 Å². The predicted octanol–water partition coefficient (Wildman–Crippen LogP) is 2.18. The summed E-state index contributed by atoms with van der Waals surface area (Å²) in [4.78, 5) is 3.85. The van der Waals surface area contributed by atoms with E-state index >= 15 is 0 Å². The highest BCUT2D eigenvalue weighted by atomic mass is 35.5. The summed E-state index contributed by atoms with van der Waals surface area (Å²) in [7, 11) is 0. The van der Waals surface area contributed by atoms with E-state index in [1.54, 1.807) is 24.5 Å². The van der Waals surface area contributed by atoms with Gasteiger partial charge in [0.2, 0.25) is 0 Å². The quantitative estimate of drug-likeness (QED) is 0.597. The van der Waals surface area contributed by atoms with Crippen molar-refractivity contribution in [3.63, 3.8) is 0 Å². The zero-order valence-corrected chi connectivity index (χ0v) is 6.42. The zero-order valence-electron chi connectivity index (χ0n) is 5.66. The van der Waals surface area contributed by atoms with Gasteiger partial charge in [0.25, 0.3) is 0 Å². The molecular weight excluding hydrogens is 160 g/mol. The van der Waals surface area contributed by atoms with E-state index in [2.05, 4.69) is 4.98 Å². The molecule has 0 aliphatic carbocycles. The molecule has 0 bridgehead atoms. The van der Waals surface area contributed by atoms with Crippen molar-refractivity contribution < 1.29 is 0 Å². The smallest absolute Gasteiger partial charge is 0.101 e. The van der Waals surface area contributed by atoms with Gasteiger partial charge in [0.1, 0.15) is 6.07 Å². The second kappa shape index (κ2) is 3.75. The maximum atomic E-state index is 8.55. The molecule has 1 aromatic rings. The molecule has 0 fully saturated rings. The number of hydrogen-bond acceptors (Lipinski definition) is 2. The monoisotopic (exact) mass is 164 g/mol. The molecule has 0 amide bonds. The molecule has 0 aliphatic rings. The molecule has 0 saturated heterocycles. The fourth-order valence-corrected chi connectivity index (χ4v) is 0.849. The van der Waals surface area contributed by atoms with Crippen molar-refractivity contribution in [1.29, 1.82) is 5.26 Å². The van der Waals surface area contributed by atoms with Crippen LogP contribution in [0.1, 0.15) is 5.56 Å². The second-order valence-electron chi connectivity index (χ2n) is 1.88. The Morgan fingerprint density at radius 3 is 3.00 bits per heavy atom. The molecule has 0 unspecified atom stereocenters. The van der Waals surface area contributed by atoms with Crippen LogP contribution >= 0.6 is 11.6 Å². The Morgan fingerprint density at radius 2 is 2.55 bits per heavy atom. The molecule has 1 aromatic heterocycles. The maximum absolute atomic E-state index is 8.55. The first kappa shape index (κ1) is 7.77. The molecule has 2 nitrogen and oxygen atoms in total. The van der Waals surface area contributed by atoms with Crippen LogP contribution in [0.5, 0.6) is 0 Å². The fraction of sp³-hybridized carbons (Fsp3) is 0. The Balaban J connectivity index is 3.05. The van der Waals surface area contributed by atoms with Crippen LogP contribution in [0, 0.1) is 11.3 Å². The Hall–Kier alpha value is -1.33. The number of allylic oxidation sites excluding steroid dienone is 1. The first-order valence-corrected chi connectivity index (χ1v) is 3.43. The highest BCUT2D eigenvalue weighted by molar-refractivity contribution is 6.29. The molecular formula is C8H5ClN2. The largest absolute Gasteiger partial charge is 0.264 e. The standard InChI is InChI=1S/C8H5ClN2/c9-4-8(5-10)7-2-1-3-11-6-7/h1-4,6H. The van der Waals surface area contributed by atoms with Crippen LogP contribution in [0.4, 0.5) is 0 Å². The molecule has 0 aromatic carbocycles. The third kappa shape index (κ3) is 1.79. The van der Waals surface area contributed by atoms with Crippen molar-refractivity contribution in [1.82, 2.24) is 4.98 Å². The third-order valence-electron chi connectivity index (χ3n) is 1.20. The molecule has 11 heavy (non-hydrogen) atoms. The Morgan fingerprint density at radius 1 is 1.73 bits per heavy atom. The molecule has 1 rings (SSSR count). The Bertz CT molecular complexity index is 298. The lowest BCUT2D eigenvalue weighted by Gasteiger charge is -1.92. The summed E-state index contributed by atoms with van der Waals surface area (Å²) in [5.74, 6) is 0. The lowest BCUT2D eigenvalue weighted by molar-refractivity contribution is 1.31. The summed E-state index contributed by atoms with van der Waals surface area (Å²) in [5.41, 5.74) is 2.42. The van der Waals surface area contributed by atoms with Crippen LogP contribution < -0.4 is 0 Å². The number of halogens is 1. The fourth-order valence-electron chi connectivity index (χ4n) is 0.674. The molecule has 0 radical (unpaired) electrons. The first-order valence-electron chi connectivity index (χ1n) is 2.99. The molecule has 0 aliphatic heterocycles. The minimum absolute atomic E-state index is 0.430.